The maximum atomic E-state index is 13.3. The number of benzene rings is 1. The lowest BCUT2D eigenvalue weighted by Crippen LogP contribution is -2.42. The van der Waals surface area contributed by atoms with Crippen LogP contribution in [0.4, 0.5) is 8.78 Å². The van der Waals surface area contributed by atoms with Gasteiger partial charge in [0.15, 0.2) is 0 Å². The van der Waals surface area contributed by atoms with Crippen LogP contribution in [0.3, 0.4) is 0 Å². The average Bonchev–Trinajstić information content (AvgIpc) is 2.68. The molecule has 1 heterocycles. The lowest BCUT2D eigenvalue weighted by molar-refractivity contribution is 0.0169. The Bertz CT molecular complexity index is 861. The standard InChI is InChI=1S/C22H27F2N3O2/c1-6-27(21(28)19-11-15(2)7-8-17(19)12-25-5)16(3)14-29-20-10-9-18(13-26-20)22(4,23)24/h7-13,16H,6,14H2,1-5H3/t16-/m0/s1. The summed E-state index contributed by atoms with van der Waals surface area (Å²) < 4.78 is 32.2. The molecule has 0 aliphatic carbocycles. The van der Waals surface area contributed by atoms with Crippen molar-refractivity contribution in [1.29, 1.82) is 0 Å². The van der Waals surface area contributed by atoms with Gasteiger partial charge in [-0.2, -0.15) is 0 Å². The first-order chi connectivity index (χ1) is 13.7. The van der Waals surface area contributed by atoms with Crippen LogP contribution in [0.5, 0.6) is 5.88 Å². The molecule has 5 nitrogen and oxygen atoms in total. The molecule has 2 aromatic rings. The van der Waals surface area contributed by atoms with E-state index in [9.17, 15) is 13.6 Å². The molecule has 0 unspecified atom stereocenters. The Labute approximate surface area is 170 Å². The van der Waals surface area contributed by atoms with E-state index in [1.54, 1.807) is 18.2 Å². The van der Waals surface area contributed by atoms with Crippen LogP contribution >= 0.6 is 0 Å². The Morgan fingerprint density at radius 1 is 1.34 bits per heavy atom. The Balaban J connectivity index is 2.11. The van der Waals surface area contributed by atoms with E-state index < -0.39 is 5.92 Å². The number of ether oxygens (including phenoxy) is 1. The lowest BCUT2D eigenvalue weighted by Gasteiger charge is -2.28. The van der Waals surface area contributed by atoms with Crippen LogP contribution in [0.15, 0.2) is 41.5 Å². The highest BCUT2D eigenvalue weighted by molar-refractivity contribution is 6.02. The predicted molar refractivity (Wildman–Crippen MR) is 110 cm³/mol. The van der Waals surface area contributed by atoms with E-state index in [2.05, 4.69) is 9.98 Å². The van der Waals surface area contributed by atoms with Crippen molar-refractivity contribution < 1.29 is 18.3 Å². The molecule has 156 valence electrons. The summed E-state index contributed by atoms with van der Waals surface area (Å²) >= 11 is 0. The van der Waals surface area contributed by atoms with E-state index in [4.69, 9.17) is 4.74 Å². The number of amides is 1. The molecule has 0 radical (unpaired) electrons. The normalized spacial score (nSPS) is 12.8. The Morgan fingerprint density at radius 2 is 2.07 bits per heavy atom. The zero-order valence-corrected chi connectivity index (χ0v) is 17.4. The van der Waals surface area contributed by atoms with E-state index in [1.807, 2.05) is 39.0 Å². The van der Waals surface area contributed by atoms with Crippen molar-refractivity contribution in [2.75, 3.05) is 20.2 Å². The van der Waals surface area contributed by atoms with Crippen LogP contribution in [0.25, 0.3) is 0 Å². The summed E-state index contributed by atoms with van der Waals surface area (Å²) in [6.45, 7) is 7.21. The highest BCUT2D eigenvalue weighted by atomic mass is 19.3. The molecule has 1 aromatic heterocycles. The molecular weight excluding hydrogens is 376 g/mol. The van der Waals surface area contributed by atoms with Gasteiger partial charge in [0.25, 0.3) is 11.8 Å². The Hall–Kier alpha value is -2.83. The molecule has 0 aliphatic heterocycles. The number of carbonyl (C=O) groups excluding carboxylic acids is 1. The van der Waals surface area contributed by atoms with E-state index in [0.717, 1.165) is 24.2 Å². The first kappa shape index (κ1) is 22.5. The maximum Gasteiger partial charge on any atom is 0.272 e. The number of pyridine rings is 1. The van der Waals surface area contributed by atoms with Crippen LogP contribution in [0.2, 0.25) is 0 Å². The van der Waals surface area contributed by atoms with Crippen LogP contribution in [0, 0.1) is 6.92 Å². The van der Waals surface area contributed by atoms with Gasteiger partial charge in [-0.05, 0) is 32.9 Å². The second-order valence-electron chi connectivity index (χ2n) is 7.00. The molecule has 0 fully saturated rings. The lowest BCUT2D eigenvalue weighted by atomic mass is 10.0. The molecule has 0 saturated heterocycles. The van der Waals surface area contributed by atoms with E-state index >= 15 is 0 Å². The Kier molecular flexibility index (Phi) is 7.42. The zero-order chi connectivity index (χ0) is 21.6. The number of aromatic nitrogens is 1. The third kappa shape index (κ3) is 5.82. The minimum atomic E-state index is -2.95. The fourth-order valence-electron chi connectivity index (χ4n) is 2.94. The van der Waals surface area contributed by atoms with Crippen LogP contribution in [-0.2, 0) is 5.92 Å². The minimum Gasteiger partial charge on any atom is -0.475 e. The number of alkyl halides is 2. The number of carbonyl (C=O) groups is 1. The maximum absolute atomic E-state index is 13.3. The molecule has 29 heavy (non-hydrogen) atoms. The second kappa shape index (κ2) is 9.58. The van der Waals surface area contributed by atoms with Gasteiger partial charge < -0.3 is 9.64 Å². The molecule has 2 rings (SSSR count). The highest BCUT2D eigenvalue weighted by Gasteiger charge is 2.25. The van der Waals surface area contributed by atoms with Crippen molar-refractivity contribution in [2.45, 2.75) is 39.7 Å². The van der Waals surface area contributed by atoms with E-state index in [0.29, 0.717) is 12.1 Å². The SMILES string of the molecule is CCN(C(=O)c1cc(C)ccc1C=NC)[C@@H](C)COc1ccc(C(C)(F)F)cn1. The zero-order valence-electron chi connectivity index (χ0n) is 17.4. The smallest absolute Gasteiger partial charge is 0.272 e. The molecule has 7 heteroatoms. The van der Waals surface area contributed by atoms with Gasteiger partial charge in [-0.1, -0.05) is 17.7 Å². The third-order valence-electron chi connectivity index (χ3n) is 4.56. The molecule has 1 aromatic carbocycles. The van der Waals surface area contributed by atoms with Gasteiger partial charge in [-0.25, -0.2) is 13.8 Å². The van der Waals surface area contributed by atoms with Gasteiger partial charge in [0.1, 0.15) is 6.61 Å². The predicted octanol–water partition coefficient (Wildman–Crippen LogP) is 4.48. The summed E-state index contributed by atoms with van der Waals surface area (Å²) in [6.07, 6.45) is 2.77. The summed E-state index contributed by atoms with van der Waals surface area (Å²) in [4.78, 5) is 22.8. The summed E-state index contributed by atoms with van der Waals surface area (Å²) in [6, 6.07) is 8.12. The largest absolute Gasteiger partial charge is 0.475 e. The van der Waals surface area contributed by atoms with Crippen LogP contribution in [0.1, 0.15) is 47.8 Å². The monoisotopic (exact) mass is 403 g/mol. The molecule has 0 saturated carbocycles. The topological polar surface area (TPSA) is 54.8 Å². The fourth-order valence-corrected chi connectivity index (χ4v) is 2.94. The Morgan fingerprint density at radius 3 is 2.62 bits per heavy atom. The fraction of sp³-hybridized carbons (Fsp3) is 0.409. The van der Waals surface area contributed by atoms with Crippen molar-refractivity contribution in [1.82, 2.24) is 9.88 Å². The highest BCUT2D eigenvalue weighted by Crippen LogP contribution is 2.27. The van der Waals surface area contributed by atoms with Crippen molar-refractivity contribution in [2.24, 2.45) is 4.99 Å². The number of likely N-dealkylation sites (N-methyl/N-ethyl adjacent to an activating group) is 1. The molecule has 1 amide bonds. The summed E-state index contributed by atoms with van der Waals surface area (Å²) in [5.41, 5.74) is 2.15. The molecule has 0 bridgehead atoms. The van der Waals surface area contributed by atoms with Crippen molar-refractivity contribution in [3.05, 3.63) is 58.8 Å². The molecule has 1 atom stereocenters. The molecular formula is C22H27F2N3O2. The van der Waals surface area contributed by atoms with Gasteiger partial charge in [0.05, 0.1) is 6.04 Å². The van der Waals surface area contributed by atoms with Crippen LogP contribution < -0.4 is 4.74 Å². The van der Waals surface area contributed by atoms with Gasteiger partial charge in [-0.15, -0.1) is 0 Å². The van der Waals surface area contributed by atoms with E-state index in [1.165, 1.54) is 12.1 Å². The van der Waals surface area contributed by atoms with Crippen molar-refractivity contribution in [3.63, 3.8) is 0 Å². The summed E-state index contributed by atoms with van der Waals surface area (Å²) in [7, 11) is 1.66. The van der Waals surface area contributed by atoms with Crippen molar-refractivity contribution in [3.8, 4) is 5.88 Å². The first-order valence-corrected chi connectivity index (χ1v) is 9.48. The average molecular weight is 403 g/mol. The van der Waals surface area contributed by atoms with Gasteiger partial charge in [0, 0.05) is 55.7 Å². The molecule has 0 spiro atoms. The van der Waals surface area contributed by atoms with Gasteiger partial charge in [0.2, 0.25) is 5.88 Å². The number of rotatable bonds is 8. The number of hydrogen-bond donors (Lipinski definition) is 0. The number of halogens is 2. The number of aliphatic imine (C=N–C) groups is 1. The first-order valence-electron chi connectivity index (χ1n) is 9.48. The second-order valence-corrected chi connectivity index (χ2v) is 7.00. The third-order valence-corrected chi connectivity index (χ3v) is 4.56. The quantitative estimate of drug-likeness (QED) is 0.611. The number of aryl methyl sites for hydroxylation is 1. The molecule has 0 N–H and O–H groups in total. The number of nitrogens with zero attached hydrogens (tertiary/aromatic N) is 3. The van der Waals surface area contributed by atoms with E-state index in [-0.39, 0.29) is 30.0 Å². The molecule has 0 aliphatic rings. The van der Waals surface area contributed by atoms with Crippen molar-refractivity contribution >= 4 is 12.1 Å². The number of hydrogen-bond acceptors (Lipinski definition) is 4. The van der Waals surface area contributed by atoms with Gasteiger partial charge >= 0.3 is 0 Å². The van der Waals surface area contributed by atoms with Crippen LogP contribution in [-0.4, -0.2) is 48.2 Å². The minimum absolute atomic E-state index is 0.115. The summed E-state index contributed by atoms with van der Waals surface area (Å²) in [5.74, 6) is -2.82. The van der Waals surface area contributed by atoms with Gasteiger partial charge in [-0.3, -0.25) is 9.79 Å². The summed E-state index contributed by atoms with van der Waals surface area (Å²) in [5, 5.41) is 0.